The minimum absolute atomic E-state index is 0.156. The van der Waals surface area contributed by atoms with E-state index in [-0.39, 0.29) is 34.5 Å². The molecule has 3 heterocycles. The van der Waals surface area contributed by atoms with Crippen molar-refractivity contribution in [2.45, 2.75) is 23.4 Å². The van der Waals surface area contributed by atoms with Crippen LogP contribution in [0.1, 0.15) is 29.0 Å². The fraction of sp³-hybridized carbons (Fsp3) is 0.160. The van der Waals surface area contributed by atoms with Gasteiger partial charge in [0.2, 0.25) is 5.95 Å². The summed E-state index contributed by atoms with van der Waals surface area (Å²) in [6, 6.07) is 9.80. The van der Waals surface area contributed by atoms with Gasteiger partial charge in [0.05, 0.1) is 41.4 Å². The lowest BCUT2D eigenvalue weighted by atomic mass is 9.83. The van der Waals surface area contributed by atoms with Crippen LogP contribution in [0.2, 0.25) is 0 Å². The largest absolute Gasteiger partial charge is 0.493 e. The number of anilines is 1. The molecule has 2 aromatic carbocycles. The summed E-state index contributed by atoms with van der Waals surface area (Å²) in [7, 11) is -4.17. The number of halogens is 5. The molecule has 5 rings (SSSR count). The topological polar surface area (TPSA) is 94.1 Å². The van der Waals surface area contributed by atoms with Gasteiger partial charge in [-0.3, -0.25) is 4.98 Å². The maximum absolute atomic E-state index is 13.5. The number of sulfonamides is 1. The van der Waals surface area contributed by atoms with Crippen LogP contribution in [0.25, 0.3) is 11.3 Å². The zero-order chi connectivity index (χ0) is 27.1. The fourth-order valence-corrected chi connectivity index (χ4v) is 5.17. The zero-order valence-corrected chi connectivity index (χ0v) is 20.0. The molecule has 0 unspecified atom stereocenters. The second-order valence-electron chi connectivity index (χ2n) is 8.38. The highest BCUT2D eigenvalue weighted by Crippen LogP contribution is 2.44. The molecule has 0 fully saturated rings. The van der Waals surface area contributed by atoms with E-state index in [1.165, 1.54) is 30.3 Å². The fourth-order valence-electron chi connectivity index (χ4n) is 4.20. The van der Waals surface area contributed by atoms with Crippen LogP contribution in [-0.2, 0) is 16.2 Å². The molecule has 0 saturated heterocycles. The zero-order valence-electron chi connectivity index (χ0n) is 19.2. The molecule has 0 aliphatic carbocycles. The van der Waals surface area contributed by atoms with Crippen molar-refractivity contribution in [3.8, 4) is 17.0 Å². The highest BCUT2D eigenvalue weighted by Gasteiger charge is 2.33. The SMILES string of the molecule is O=S(=O)(Nc1ncc(F)cn1)c1ccc2c(c1)OCC[C@@H]2c1ccc(C(F)(F)F)cc1-c1ccc(F)cn1. The monoisotopic (exact) mass is 548 g/mol. The lowest BCUT2D eigenvalue weighted by Gasteiger charge is -2.28. The first-order chi connectivity index (χ1) is 18.0. The van der Waals surface area contributed by atoms with E-state index in [4.69, 9.17) is 4.74 Å². The van der Waals surface area contributed by atoms with Crippen molar-refractivity contribution >= 4 is 16.0 Å². The molecule has 1 atom stereocenters. The standard InChI is InChI=1S/C25H17F5N4O3S/c26-15-2-6-22(31-11-15)21-9-14(25(28,29)30)1-4-18(21)19-7-8-37-23-10-17(3-5-20(19)23)38(35,36)34-24-32-12-16(27)13-33-24/h1-6,9-13,19H,7-8H2,(H,32,33,34)/t19-/m1/s1. The number of nitrogens with one attached hydrogen (secondary N) is 1. The second kappa shape index (κ2) is 9.63. The molecular formula is C25H17F5N4O3S. The number of ether oxygens (including phenoxy) is 1. The first-order valence-corrected chi connectivity index (χ1v) is 12.6. The van der Waals surface area contributed by atoms with Crippen LogP contribution in [0, 0.1) is 11.6 Å². The third kappa shape index (κ3) is 5.14. The summed E-state index contributed by atoms with van der Waals surface area (Å²) in [5.41, 5.74) is 0.490. The van der Waals surface area contributed by atoms with Crippen molar-refractivity contribution in [3.05, 3.63) is 95.4 Å². The van der Waals surface area contributed by atoms with E-state index < -0.39 is 39.3 Å². The maximum atomic E-state index is 13.5. The highest BCUT2D eigenvalue weighted by atomic mass is 32.2. The van der Waals surface area contributed by atoms with Crippen molar-refractivity contribution in [2.24, 2.45) is 0 Å². The second-order valence-corrected chi connectivity index (χ2v) is 10.1. The number of alkyl halides is 3. The number of hydrogen-bond acceptors (Lipinski definition) is 6. The van der Waals surface area contributed by atoms with Crippen LogP contribution in [0.4, 0.5) is 27.9 Å². The average Bonchev–Trinajstić information content (AvgIpc) is 2.89. The van der Waals surface area contributed by atoms with Gasteiger partial charge in [0.15, 0.2) is 5.82 Å². The molecule has 7 nitrogen and oxygen atoms in total. The highest BCUT2D eigenvalue weighted by molar-refractivity contribution is 7.92. The summed E-state index contributed by atoms with van der Waals surface area (Å²) in [6.07, 6.45) is -1.68. The number of hydrogen-bond donors (Lipinski definition) is 1. The van der Waals surface area contributed by atoms with Crippen LogP contribution in [0.5, 0.6) is 5.75 Å². The molecule has 1 N–H and O–H groups in total. The predicted molar refractivity (Wildman–Crippen MR) is 126 cm³/mol. The van der Waals surface area contributed by atoms with Crippen LogP contribution in [0.3, 0.4) is 0 Å². The molecule has 13 heteroatoms. The minimum atomic E-state index is -4.61. The Bertz CT molecular complexity index is 1600. The quantitative estimate of drug-likeness (QED) is 0.329. The number of fused-ring (bicyclic) bond motifs is 1. The molecule has 0 bridgehead atoms. The Hall–Kier alpha value is -4.13. The smallest absolute Gasteiger partial charge is 0.416 e. The lowest BCUT2D eigenvalue weighted by molar-refractivity contribution is -0.137. The van der Waals surface area contributed by atoms with Gasteiger partial charge in [-0.2, -0.15) is 13.2 Å². The molecule has 1 aliphatic rings. The first-order valence-electron chi connectivity index (χ1n) is 11.1. The van der Waals surface area contributed by atoms with Crippen LogP contribution in [0.15, 0.2) is 72.0 Å². The summed E-state index contributed by atoms with van der Waals surface area (Å²) in [6.45, 7) is 0.160. The normalized spacial score (nSPS) is 15.4. The van der Waals surface area contributed by atoms with Gasteiger partial charge >= 0.3 is 6.18 Å². The Morgan fingerprint density at radius 2 is 1.58 bits per heavy atom. The van der Waals surface area contributed by atoms with E-state index in [1.807, 2.05) is 0 Å². The number of pyridine rings is 1. The van der Waals surface area contributed by atoms with Crippen LogP contribution >= 0.6 is 0 Å². The Balaban J connectivity index is 1.54. The predicted octanol–water partition coefficient (Wildman–Crippen LogP) is 5.55. The van der Waals surface area contributed by atoms with E-state index >= 15 is 0 Å². The van der Waals surface area contributed by atoms with Gasteiger partial charge in [-0.25, -0.2) is 31.9 Å². The molecule has 0 amide bonds. The molecule has 0 saturated carbocycles. The van der Waals surface area contributed by atoms with Crippen molar-refractivity contribution in [3.63, 3.8) is 0 Å². The molecule has 38 heavy (non-hydrogen) atoms. The molecule has 0 radical (unpaired) electrons. The third-order valence-corrected chi connectivity index (χ3v) is 7.27. The molecule has 0 spiro atoms. The average molecular weight is 548 g/mol. The Labute approximate surface area is 213 Å². The first kappa shape index (κ1) is 25.5. The molecule has 1 aliphatic heterocycles. The minimum Gasteiger partial charge on any atom is -0.493 e. The summed E-state index contributed by atoms with van der Waals surface area (Å²) >= 11 is 0. The number of rotatable bonds is 5. The molecule has 2 aromatic heterocycles. The summed E-state index contributed by atoms with van der Waals surface area (Å²) in [5, 5.41) is 0. The Morgan fingerprint density at radius 1 is 0.868 bits per heavy atom. The van der Waals surface area contributed by atoms with Gasteiger partial charge in [-0.1, -0.05) is 12.1 Å². The van der Waals surface area contributed by atoms with Crippen molar-refractivity contribution in [1.82, 2.24) is 15.0 Å². The third-order valence-electron chi connectivity index (χ3n) is 5.94. The number of nitrogens with zero attached hydrogens (tertiary/aromatic N) is 3. The van der Waals surface area contributed by atoms with E-state index in [0.29, 0.717) is 17.5 Å². The van der Waals surface area contributed by atoms with Crippen LogP contribution in [-0.4, -0.2) is 30.0 Å². The van der Waals surface area contributed by atoms with E-state index in [9.17, 15) is 30.4 Å². The van der Waals surface area contributed by atoms with Crippen molar-refractivity contribution < 1.29 is 35.1 Å². The van der Waals surface area contributed by atoms with E-state index in [2.05, 4.69) is 19.7 Å². The maximum Gasteiger partial charge on any atom is 0.416 e. The van der Waals surface area contributed by atoms with Crippen LogP contribution < -0.4 is 9.46 Å². The van der Waals surface area contributed by atoms with Gasteiger partial charge in [0.25, 0.3) is 10.0 Å². The van der Waals surface area contributed by atoms with E-state index in [0.717, 1.165) is 36.8 Å². The van der Waals surface area contributed by atoms with Crippen molar-refractivity contribution in [2.75, 3.05) is 11.3 Å². The molecule has 196 valence electrons. The molecule has 4 aromatic rings. The van der Waals surface area contributed by atoms with Gasteiger partial charge in [-0.15, -0.1) is 0 Å². The summed E-state index contributed by atoms with van der Waals surface area (Å²) in [5.74, 6) is -1.94. The number of benzene rings is 2. The van der Waals surface area contributed by atoms with Crippen molar-refractivity contribution in [1.29, 1.82) is 0 Å². The van der Waals surface area contributed by atoms with E-state index in [1.54, 1.807) is 0 Å². The van der Waals surface area contributed by atoms with Gasteiger partial charge < -0.3 is 4.74 Å². The summed E-state index contributed by atoms with van der Waals surface area (Å²) < 4.78 is 101. The van der Waals surface area contributed by atoms with Gasteiger partial charge in [0.1, 0.15) is 11.6 Å². The van der Waals surface area contributed by atoms with Gasteiger partial charge in [0, 0.05) is 23.1 Å². The summed E-state index contributed by atoms with van der Waals surface area (Å²) in [4.78, 5) is 11.0. The Morgan fingerprint density at radius 3 is 2.26 bits per heavy atom. The molecular weight excluding hydrogens is 531 g/mol. The number of aromatic nitrogens is 3. The lowest BCUT2D eigenvalue weighted by Crippen LogP contribution is -2.19. The van der Waals surface area contributed by atoms with Gasteiger partial charge in [-0.05, 0) is 42.3 Å². The Kier molecular flexibility index (Phi) is 6.47.